The summed E-state index contributed by atoms with van der Waals surface area (Å²) in [5.41, 5.74) is 8.34. The van der Waals surface area contributed by atoms with E-state index < -0.39 is 0 Å². The van der Waals surface area contributed by atoms with Crippen LogP contribution in [0.3, 0.4) is 0 Å². The first-order chi connectivity index (χ1) is 7.97. The summed E-state index contributed by atoms with van der Waals surface area (Å²) in [6.07, 6.45) is 1.16. The first-order valence-electron chi connectivity index (χ1n) is 6.29. The third-order valence-electron chi connectivity index (χ3n) is 2.89. The van der Waals surface area contributed by atoms with Gasteiger partial charge in [-0.2, -0.15) is 0 Å². The van der Waals surface area contributed by atoms with Crippen molar-refractivity contribution < 1.29 is 0 Å². The van der Waals surface area contributed by atoms with E-state index in [1.165, 1.54) is 5.69 Å². The maximum Gasteiger partial charge on any atom is 0.0380 e. The number of halogens is 1. The monoisotopic (exact) mass is 298 g/mol. The van der Waals surface area contributed by atoms with E-state index >= 15 is 0 Å². The Morgan fingerprint density at radius 3 is 2.35 bits per heavy atom. The van der Waals surface area contributed by atoms with E-state index in [-0.39, 0.29) is 6.04 Å². The standard InChI is InChI=1S/C14H23BrN2/c1-5-8-17(10(2)3)12-6-7-13(11(4)16)14(15)9-12/h6-7,9-11H,5,8,16H2,1-4H3. The molecule has 0 saturated carbocycles. The molecule has 0 aromatic heterocycles. The van der Waals surface area contributed by atoms with Gasteiger partial charge in [-0.1, -0.05) is 28.9 Å². The molecule has 1 aromatic carbocycles. The predicted molar refractivity (Wildman–Crippen MR) is 79.5 cm³/mol. The zero-order valence-electron chi connectivity index (χ0n) is 11.2. The second-order valence-corrected chi connectivity index (χ2v) is 5.64. The molecule has 1 rings (SSSR count). The minimum absolute atomic E-state index is 0.0668. The Bertz CT molecular complexity index is 361. The summed E-state index contributed by atoms with van der Waals surface area (Å²) >= 11 is 3.61. The second kappa shape index (κ2) is 6.41. The van der Waals surface area contributed by atoms with Crippen LogP contribution < -0.4 is 10.6 Å². The number of benzene rings is 1. The Labute approximate surface area is 113 Å². The number of rotatable bonds is 5. The summed E-state index contributed by atoms with van der Waals surface area (Å²) < 4.78 is 1.10. The molecular weight excluding hydrogens is 276 g/mol. The highest BCUT2D eigenvalue weighted by Crippen LogP contribution is 2.28. The van der Waals surface area contributed by atoms with Gasteiger partial charge in [-0.05, 0) is 44.9 Å². The molecule has 0 spiro atoms. The molecule has 0 amide bonds. The molecular formula is C14H23BrN2. The van der Waals surface area contributed by atoms with Crippen molar-refractivity contribution in [1.29, 1.82) is 0 Å². The van der Waals surface area contributed by atoms with Crippen LogP contribution in [0.25, 0.3) is 0 Å². The topological polar surface area (TPSA) is 29.3 Å². The van der Waals surface area contributed by atoms with Crippen LogP contribution in [-0.4, -0.2) is 12.6 Å². The summed E-state index contributed by atoms with van der Waals surface area (Å²) in [6.45, 7) is 9.75. The van der Waals surface area contributed by atoms with Gasteiger partial charge in [-0.15, -0.1) is 0 Å². The van der Waals surface area contributed by atoms with Crippen LogP contribution in [0.1, 0.15) is 45.7 Å². The minimum Gasteiger partial charge on any atom is -0.369 e. The maximum absolute atomic E-state index is 5.92. The molecule has 1 aromatic rings. The van der Waals surface area contributed by atoms with Gasteiger partial charge in [0.2, 0.25) is 0 Å². The molecule has 3 heteroatoms. The first kappa shape index (κ1) is 14.5. The Morgan fingerprint density at radius 2 is 1.94 bits per heavy atom. The van der Waals surface area contributed by atoms with Crippen LogP contribution in [0.4, 0.5) is 5.69 Å². The van der Waals surface area contributed by atoms with Gasteiger partial charge in [0.05, 0.1) is 0 Å². The van der Waals surface area contributed by atoms with Crippen molar-refractivity contribution in [1.82, 2.24) is 0 Å². The third-order valence-corrected chi connectivity index (χ3v) is 3.58. The van der Waals surface area contributed by atoms with Crippen molar-refractivity contribution in [2.45, 2.75) is 46.2 Å². The Balaban J connectivity index is 3.02. The molecule has 2 nitrogen and oxygen atoms in total. The van der Waals surface area contributed by atoms with Crippen molar-refractivity contribution in [2.75, 3.05) is 11.4 Å². The van der Waals surface area contributed by atoms with Crippen molar-refractivity contribution in [3.63, 3.8) is 0 Å². The molecule has 0 heterocycles. The average molecular weight is 299 g/mol. The zero-order valence-corrected chi connectivity index (χ0v) is 12.8. The fourth-order valence-corrected chi connectivity index (χ4v) is 2.72. The lowest BCUT2D eigenvalue weighted by Gasteiger charge is -2.29. The van der Waals surface area contributed by atoms with Crippen molar-refractivity contribution in [3.8, 4) is 0 Å². The van der Waals surface area contributed by atoms with Crippen LogP contribution in [0.2, 0.25) is 0 Å². The van der Waals surface area contributed by atoms with Gasteiger partial charge in [-0.25, -0.2) is 0 Å². The number of hydrogen-bond donors (Lipinski definition) is 1. The summed E-state index contributed by atoms with van der Waals surface area (Å²) in [6, 6.07) is 7.04. The Morgan fingerprint density at radius 1 is 1.29 bits per heavy atom. The number of nitrogens with two attached hydrogens (primary N) is 1. The van der Waals surface area contributed by atoms with E-state index in [2.05, 4.69) is 59.8 Å². The van der Waals surface area contributed by atoms with Crippen molar-refractivity contribution >= 4 is 21.6 Å². The van der Waals surface area contributed by atoms with Gasteiger partial charge >= 0.3 is 0 Å². The van der Waals surface area contributed by atoms with E-state index in [0.29, 0.717) is 6.04 Å². The first-order valence-corrected chi connectivity index (χ1v) is 7.08. The molecule has 17 heavy (non-hydrogen) atoms. The lowest BCUT2D eigenvalue weighted by molar-refractivity contribution is 0.670. The van der Waals surface area contributed by atoms with Gasteiger partial charge in [0.15, 0.2) is 0 Å². The summed E-state index contributed by atoms with van der Waals surface area (Å²) in [7, 11) is 0. The molecule has 1 atom stereocenters. The maximum atomic E-state index is 5.92. The lowest BCUT2D eigenvalue weighted by Crippen LogP contribution is -2.31. The summed E-state index contributed by atoms with van der Waals surface area (Å²) in [5, 5.41) is 0. The highest BCUT2D eigenvalue weighted by atomic mass is 79.9. The van der Waals surface area contributed by atoms with Gasteiger partial charge in [0, 0.05) is 28.8 Å². The lowest BCUT2D eigenvalue weighted by atomic mass is 10.1. The predicted octanol–water partition coefficient (Wildman–Crippen LogP) is 4.09. The van der Waals surface area contributed by atoms with E-state index in [9.17, 15) is 0 Å². The Hall–Kier alpha value is -0.540. The van der Waals surface area contributed by atoms with Crippen LogP contribution in [0.15, 0.2) is 22.7 Å². The van der Waals surface area contributed by atoms with Gasteiger partial charge in [0.1, 0.15) is 0 Å². The minimum atomic E-state index is 0.0668. The van der Waals surface area contributed by atoms with E-state index in [1.807, 2.05) is 6.92 Å². The fraction of sp³-hybridized carbons (Fsp3) is 0.571. The molecule has 0 saturated heterocycles. The van der Waals surface area contributed by atoms with E-state index in [1.54, 1.807) is 0 Å². The second-order valence-electron chi connectivity index (χ2n) is 4.78. The summed E-state index contributed by atoms with van der Waals surface area (Å²) in [5.74, 6) is 0. The average Bonchev–Trinajstić information content (AvgIpc) is 2.24. The molecule has 0 aliphatic rings. The Kier molecular flexibility index (Phi) is 5.47. The van der Waals surface area contributed by atoms with Gasteiger partial charge in [0.25, 0.3) is 0 Å². The van der Waals surface area contributed by atoms with Crippen LogP contribution >= 0.6 is 15.9 Å². The normalized spacial score (nSPS) is 12.9. The molecule has 0 bridgehead atoms. The quantitative estimate of drug-likeness (QED) is 0.887. The van der Waals surface area contributed by atoms with Gasteiger partial charge in [-0.3, -0.25) is 0 Å². The number of nitrogens with zero attached hydrogens (tertiary/aromatic N) is 1. The summed E-state index contributed by atoms with van der Waals surface area (Å²) in [4.78, 5) is 2.41. The molecule has 1 unspecified atom stereocenters. The van der Waals surface area contributed by atoms with Gasteiger partial charge < -0.3 is 10.6 Å². The highest BCUT2D eigenvalue weighted by molar-refractivity contribution is 9.10. The molecule has 96 valence electrons. The van der Waals surface area contributed by atoms with E-state index in [4.69, 9.17) is 5.73 Å². The highest BCUT2D eigenvalue weighted by Gasteiger charge is 2.12. The number of anilines is 1. The molecule has 0 aliphatic heterocycles. The largest absolute Gasteiger partial charge is 0.369 e. The number of hydrogen-bond acceptors (Lipinski definition) is 2. The van der Waals surface area contributed by atoms with Crippen LogP contribution in [0.5, 0.6) is 0 Å². The fourth-order valence-electron chi connectivity index (χ4n) is 1.99. The third kappa shape index (κ3) is 3.71. The molecule has 0 radical (unpaired) electrons. The van der Waals surface area contributed by atoms with E-state index in [0.717, 1.165) is 23.0 Å². The van der Waals surface area contributed by atoms with Crippen molar-refractivity contribution in [2.24, 2.45) is 5.73 Å². The van der Waals surface area contributed by atoms with Crippen LogP contribution in [-0.2, 0) is 0 Å². The molecule has 0 aliphatic carbocycles. The SMILES string of the molecule is CCCN(c1ccc(C(C)N)c(Br)c1)C(C)C. The molecule has 2 N–H and O–H groups in total. The van der Waals surface area contributed by atoms with Crippen molar-refractivity contribution in [3.05, 3.63) is 28.2 Å². The zero-order chi connectivity index (χ0) is 13.0. The molecule has 0 fully saturated rings. The smallest absolute Gasteiger partial charge is 0.0380 e. The van der Waals surface area contributed by atoms with Crippen LogP contribution in [0, 0.1) is 0 Å².